The van der Waals surface area contributed by atoms with Crippen LogP contribution in [0.4, 0.5) is 0 Å². The van der Waals surface area contributed by atoms with Crippen molar-refractivity contribution in [2.75, 3.05) is 12.9 Å². The molecular weight excluding hydrogens is 260 g/mol. The van der Waals surface area contributed by atoms with Gasteiger partial charge >= 0.3 is 0 Å². The molecule has 1 aromatic carbocycles. The average Bonchev–Trinajstić information content (AvgIpc) is 2.37. The summed E-state index contributed by atoms with van der Waals surface area (Å²) >= 11 is 1.26. The minimum Gasteiger partial charge on any atom is -0.495 e. The molecule has 4 heteroatoms. The Bertz CT molecular complexity index is 538. The molecule has 0 N–H and O–H groups in total. The number of Topliss-reactive ketones (excluding diaryl/α,β-unsaturated/α-hetero) is 1. The fourth-order valence-corrected chi connectivity index (χ4v) is 1.92. The Morgan fingerprint density at radius 3 is 2.63 bits per heavy atom. The normalized spacial score (nSPS) is 9.42. The topological polar surface area (TPSA) is 43.4 Å². The SMILES string of the molecule is COc1ccc(C(C)=O)cc1C#CCCSC(C)=O. The van der Waals surface area contributed by atoms with Crippen LogP contribution in [0.2, 0.25) is 0 Å². The van der Waals surface area contributed by atoms with Gasteiger partial charge in [-0.15, -0.1) is 0 Å². The van der Waals surface area contributed by atoms with Crippen LogP contribution in [0.25, 0.3) is 0 Å². The molecule has 100 valence electrons. The monoisotopic (exact) mass is 276 g/mol. The minimum atomic E-state index is -0.00200. The van der Waals surface area contributed by atoms with Crippen molar-refractivity contribution in [1.29, 1.82) is 0 Å². The van der Waals surface area contributed by atoms with E-state index in [1.165, 1.54) is 25.6 Å². The fourth-order valence-electron chi connectivity index (χ4n) is 1.43. The van der Waals surface area contributed by atoms with E-state index in [1.54, 1.807) is 25.3 Å². The maximum absolute atomic E-state index is 11.3. The number of ketones is 1. The summed E-state index contributed by atoms with van der Waals surface area (Å²) in [6, 6.07) is 5.19. The number of carbonyl (C=O) groups excluding carboxylic acids is 2. The highest BCUT2D eigenvalue weighted by atomic mass is 32.2. The molecule has 0 unspecified atom stereocenters. The summed E-state index contributed by atoms with van der Waals surface area (Å²) in [7, 11) is 1.57. The lowest BCUT2D eigenvalue weighted by Gasteiger charge is -2.04. The second kappa shape index (κ2) is 7.65. The quantitative estimate of drug-likeness (QED) is 0.482. The fraction of sp³-hybridized carbons (Fsp3) is 0.333. The third-order valence-electron chi connectivity index (χ3n) is 2.36. The van der Waals surface area contributed by atoms with Crippen molar-refractivity contribution in [1.82, 2.24) is 0 Å². The number of benzene rings is 1. The van der Waals surface area contributed by atoms with Crippen LogP contribution >= 0.6 is 11.8 Å². The summed E-state index contributed by atoms with van der Waals surface area (Å²) in [5, 5.41) is 0.0953. The van der Waals surface area contributed by atoms with Crippen LogP contribution in [0.5, 0.6) is 5.75 Å². The van der Waals surface area contributed by atoms with E-state index in [9.17, 15) is 9.59 Å². The molecule has 3 nitrogen and oxygen atoms in total. The number of hydrogen-bond acceptors (Lipinski definition) is 4. The van der Waals surface area contributed by atoms with Crippen LogP contribution in [0.1, 0.15) is 36.2 Å². The van der Waals surface area contributed by atoms with E-state index in [2.05, 4.69) is 11.8 Å². The Kier molecular flexibility index (Phi) is 6.17. The Balaban J connectivity index is 2.80. The first kappa shape index (κ1) is 15.3. The Hall–Kier alpha value is -1.73. The molecule has 0 saturated carbocycles. The van der Waals surface area contributed by atoms with Gasteiger partial charge < -0.3 is 4.74 Å². The second-order valence-electron chi connectivity index (χ2n) is 3.86. The molecule has 0 aliphatic rings. The zero-order chi connectivity index (χ0) is 14.3. The maximum atomic E-state index is 11.3. The first-order chi connectivity index (χ1) is 9.04. The summed E-state index contributed by atoms with van der Waals surface area (Å²) in [5.74, 6) is 7.29. The first-order valence-corrected chi connectivity index (χ1v) is 6.84. The van der Waals surface area contributed by atoms with Crippen molar-refractivity contribution in [2.24, 2.45) is 0 Å². The van der Waals surface area contributed by atoms with Crippen LogP contribution in [-0.4, -0.2) is 23.8 Å². The number of thioether (sulfide) groups is 1. The summed E-state index contributed by atoms with van der Waals surface area (Å²) in [6.07, 6.45) is 0.623. The Labute approximate surface area is 117 Å². The van der Waals surface area contributed by atoms with E-state index in [1.807, 2.05) is 0 Å². The largest absolute Gasteiger partial charge is 0.495 e. The lowest BCUT2D eigenvalue weighted by Crippen LogP contribution is -1.95. The van der Waals surface area contributed by atoms with Gasteiger partial charge in [-0.25, -0.2) is 0 Å². The first-order valence-electron chi connectivity index (χ1n) is 5.86. The predicted octanol–water partition coefficient (Wildman–Crippen LogP) is 2.92. The molecule has 0 spiro atoms. The number of rotatable bonds is 4. The zero-order valence-corrected chi connectivity index (χ0v) is 12.1. The van der Waals surface area contributed by atoms with Crippen molar-refractivity contribution in [3.05, 3.63) is 29.3 Å². The van der Waals surface area contributed by atoms with Crippen LogP contribution in [0, 0.1) is 11.8 Å². The van der Waals surface area contributed by atoms with Gasteiger partial charge in [0, 0.05) is 24.7 Å². The van der Waals surface area contributed by atoms with Crippen molar-refractivity contribution in [3.8, 4) is 17.6 Å². The molecular formula is C15H16O3S. The van der Waals surface area contributed by atoms with Gasteiger partial charge in [-0.2, -0.15) is 0 Å². The standard InChI is InChI=1S/C15H16O3S/c1-11(16)13-7-8-15(18-3)14(10-13)6-4-5-9-19-12(2)17/h7-8,10H,5,9H2,1-3H3. The van der Waals surface area contributed by atoms with Crippen molar-refractivity contribution >= 4 is 22.7 Å². The molecule has 0 fully saturated rings. The highest BCUT2D eigenvalue weighted by Gasteiger charge is 2.04. The van der Waals surface area contributed by atoms with Crippen LogP contribution in [0.3, 0.4) is 0 Å². The van der Waals surface area contributed by atoms with E-state index in [4.69, 9.17) is 4.74 Å². The van der Waals surface area contributed by atoms with E-state index in [0.717, 1.165) is 0 Å². The minimum absolute atomic E-state index is 0.00200. The molecule has 0 aromatic heterocycles. The smallest absolute Gasteiger partial charge is 0.185 e. The molecule has 0 heterocycles. The third-order valence-corrected chi connectivity index (χ3v) is 3.18. The Morgan fingerprint density at radius 2 is 2.05 bits per heavy atom. The molecule has 0 saturated heterocycles. The van der Waals surface area contributed by atoms with Gasteiger partial charge in [0.1, 0.15) is 5.75 Å². The summed E-state index contributed by atoms with van der Waals surface area (Å²) in [4.78, 5) is 22.1. The third kappa shape index (κ3) is 5.19. The molecule has 19 heavy (non-hydrogen) atoms. The van der Waals surface area contributed by atoms with Crippen LogP contribution < -0.4 is 4.74 Å². The van der Waals surface area contributed by atoms with Gasteiger partial charge in [0.15, 0.2) is 10.9 Å². The van der Waals surface area contributed by atoms with Gasteiger partial charge in [-0.3, -0.25) is 9.59 Å². The molecule has 0 aliphatic heterocycles. The molecule has 1 rings (SSSR count). The van der Waals surface area contributed by atoms with Gasteiger partial charge in [-0.1, -0.05) is 23.6 Å². The number of hydrogen-bond donors (Lipinski definition) is 0. The van der Waals surface area contributed by atoms with Gasteiger partial charge in [-0.05, 0) is 25.1 Å². The van der Waals surface area contributed by atoms with Gasteiger partial charge in [0.2, 0.25) is 0 Å². The second-order valence-corrected chi connectivity index (χ2v) is 5.13. The van der Waals surface area contributed by atoms with Crippen LogP contribution in [-0.2, 0) is 4.79 Å². The van der Waals surface area contributed by atoms with E-state index in [-0.39, 0.29) is 10.9 Å². The number of ether oxygens (including phenoxy) is 1. The summed E-state index contributed by atoms with van der Waals surface area (Å²) in [6.45, 7) is 3.06. The number of carbonyl (C=O) groups is 2. The lowest BCUT2D eigenvalue weighted by atomic mass is 10.1. The highest BCUT2D eigenvalue weighted by molar-refractivity contribution is 8.13. The maximum Gasteiger partial charge on any atom is 0.185 e. The van der Waals surface area contributed by atoms with Crippen molar-refractivity contribution < 1.29 is 14.3 Å². The molecule has 0 radical (unpaired) electrons. The van der Waals surface area contributed by atoms with Gasteiger partial charge in [0.25, 0.3) is 0 Å². The summed E-state index contributed by atoms with van der Waals surface area (Å²) in [5.41, 5.74) is 1.31. The highest BCUT2D eigenvalue weighted by Crippen LogP contribution is 2.19. The molecule has 0 atom stereocenters. The van der Waals surface area contributed by atoms with Crippen molar-refractivity contribution in [3.63, 3.8) is 0 Å². The van der Waals surface area contributed by atoms with E-state index < -0.39 is 0 Å². The molecule has 0 bridgehead atoms. The molecule has 0 aliphatic carbocycles. The van der Waals surface area contributed by atoms with Gasteiger partial charge in [0.05, 0.1) is 12.7 Å². The molecule has 1 aromatic rings. The lowest BCUT2D eigenvalue weighted by molar-refractivity contribution is -0.109. The van der Waals surface area contributed by atoms with E-state index in [0.29, 0.717) is 29.1 Å². The zero-order valence-electron chi connectivity index (χ0n) is 11.3. The van der Waals surface area contributed by atoms with E-state index >= 15 is 0 Å². The molecule has 0 amide bonds. The average molecular weight is 276 g/mol. The van der Waals surface area contributed by atoms with Crippen molar-refractivity contribution in [2.45, 2.75) is 20.3 Å². The predicted molar refractivity (Wildman–Crippen MR) is 77.6 cm³/mol. The van der Waals surface area contributed by atoms with Crippen LogP contribution in [0.15, 0.2) is 18.2 Å². The number of methoxy groups -OCH3 is 1. The summed E-state index contributed by atoms with van der Waals surface area (Å²) < 4.78 is 5.20. The Morgan fingerprint density at radius 1 is 1.32 bits per heavy atom.